The van der Waals surface area contributed by atoms with Crippen molar-refractivity contribution in [2.75, 3.05) is 36.3 Å². The molecule has 2 N–H and O–H groups in total. The van der Waals surface area contributed by atoms with Crippen LogP contribution in [-0.2, 0) is 6.42 Å². The van der Waals surface area contributed by atoms with Gasteiger partial charge in [-0.3, -0.25) is 9.69 Å². The number of fused-ring (bicyclic) bond motifs is 1. The fourth-order valence-electron chi connectivity index (χ4n) is 3.69. The second-order valence-corrected chi connectivity index (χ2v) is 7.17. The van der Waals surface area contributed by atoms with Gasteiger partial charge in [0, 0.05) is 35.2 Å². The highest BCUT2D eigenvalue weighted by molar-refractivity contribution is 6.09. The number of rotatable bonds is 5. The summed E-state index contributed by atoms with van der Waals surface area (Å²) in [6.45, 7) is 0.434. The van der Waals surface area contributed by atoms with Gasteiger partial charge >= 0.3 is 6.03 Å². The van der Waals surface area contributed by atoms with Crippen molar-refractivity contribution in [3.05, 3.63) is 77.6 Å². The summed E-state index contributed by atoms with van der Waals surface area (Å²) in [4.78, 5) is 27.3. The maximum absolute atomic E-state index is 13.1. The zero-order valence-corrected chi connectivity index (χ0v) is 17.6. The molecular formula is C24H22FN3O4. The minimum absolute atomic E-state index is 0.283. The van der Waals surface area contributed by atoms with E-state index in [1.165, 1.54) is 31.4 Å². The molecule has 0 aromatic heterocycles. The van der Waals surface area contributed by atoms with Gasteiger partial charge < -0.3 is 20.1 Å². The molecule has 0 saturated heterocycles. The summed E-state index contributed by atoms with van der Waals surface area (Å²) in [6, 6.07) is 15.6. The monoisotopic (exact) mass is 435 g/mol. The molecule has 1 heterocycles. The molecule has 0 radical (unpaired) electrons. The topological polar surface area (TPSA) is 79.9 Å². The molecule has 32 heavy (non-hydrogen) atoms. The Kier molecular flexibility index (Phi) is 5.93. The molecule has 0 bridgehead atoms. The van der Waals surface area contributed by atoms with E-state index in [-0.39, 0.29) is 17.8 Å². The van der Waals surface area contributed by atoms with Crippen molar-refractivity contribution in [1.29, 1.82) is 0 Å². The molecule has 0 spiro atoms. The molecule has 0 unspecified atom stereocenters. The van der Waals surface area contributed by atoms with Gasteiger partial charge in [0.2, 0.25) is 0 Å². The van der Waals surface area contributed by atoms with E-state index in [9.17, 15) is 14.0 Å². The van der Waals surface area contributed by atoms with E-state index >= 15 is 0 Å². The van der Waals surface area contributed by atoms with Gasteiger partial charge in [-0.15, -0.1) is 0 Å². The maximum atomic E-state index is 13.1. The number of anilines is 3. The van der Waals surface area contributed by atoms with Crippen molar-refractivity contribution in [3.8, 4) is 11.5 Å². The van der Waals surface area contributed by atoms with Crippen LogP contribution in [0.2, 0.25) is 0 Å². The van der Waals surface area contributed by atoms with Gasteiger partial charge in [0.15, 0.2) is 11.5 Å². The zero-order valence-electron chi connectivity index (χ0n) is 17.6. The molecule has 0 aliphatic carbocycles. The number of nitrogens with one attached hydrogen (secondary N) is 2. The van der Waals surface area contributed by atoms with Gasteiger partial charge in [-0.05, 0) is 60.5 Å². The molecule has 0 atom stereocenters. The number of urea groups is 1. The summed E-state index contributed by atoms with van der Waals surface area (Å²) >= 11 is 0. The molecule has 7 nitrogen and oxygen atoms in total. The SMILES string of the molecule is COc1ccc(NC(=O)c2cccc3c2CCN3C(=O)Nc2ccc(F)cc2)cc1OC. The van der Waals surface area contributed by atoms with Crippen LogP contribution >= 0.6 is 0 Å². The molecule has 3 amide bonds. The third-order valence-corrected chi connectivity index (χ3v) is 5.25. The average Bonchev–Trinajstić information content (AvgIpc) is 3.25. The van der Waals surface area contributed by atoms with Crippen LogP contribution in [0.1, 0.15) is 15.9 Å². The predicted octanol–water partition coefficient (Wildman–Crippen LogP) is 4.69. The number of methoxy groups -OCH3 is 2. The lowest BCUT2D eigenvalue weighted by Gasteiger charge is -2.18. The number of carbonyl (C=O) groups excluding carboxylic acids is 2. The molecule has 4 rings (SSSR count). The third kappa shape index (κ3) is 4.20. The molecule has 164 valence electrons. The third-order valence-electron chi connectivity index (χ3n) is 5.25. The first kappa shape index (κ1) is 21.2. The average molecular weight is 435 g/mol. The van der Waals surface area contributed by atoms with E-state index < -0.39 is 0 Å². The highest BCUT2D eigenvalue weighted by Crippen LogP contribution is 2.33. The van der Waals surface area contributed by atoms with E-state index in [1.54, 1.807) is 48.4 Å². The molecule has 3 aromatic rings. The number of benzene rings is 3. The maximum Gasteiger partial charge on any atom is 0.326 e. The summed E-state index contributed by atoms with van der Waals surface area (Å²) in [5.74, 6) is 0.413. The lowest BCUT2D eigenvalue weighted by Crippen LogP contribution is -2.33. The Morgan fingerprint density at radius 1 is 0.906 bits per heavy atom. The van der Waals surface area contributed by atoms with Crippen LogP contribution < -0.4 is 25.0 Å². The molecule has 1 aliphatic heterocycles. The number of hydrogen-bond acceptors (Lipinski definition) is 4. The molecule has 0 saturated carbocycles. The number of halogens is 1. The lowest BCUT2D eigenvalue weighted by atomic mass is 10.0. The largest absolute Gasteiger partial charge is 0.493 e. The second kappa shape index (κ2) is 8.97. The van der Waals surface area contributed by atoms with Crippen LogP contribution in [0.5, 0.6) is 11.5 Å². The lowest BCUT2D eigenvalue weighted by molar-refractivity contribution is 0.102. The van der Waals surface area contributed by atoms with Gasteiger partial charge in [0.25, 0.3) is 5.91 Å². The van der Waals surface area contributed by atoms with Gasteiger partial charge in [-0.25, -0.2) is 9.18 Å². The summed E-state index contributed by atoms with van der Waals surface area (Å²) in [5.41, 5.74) is 3.01. The fraction of sp³-hybridized carbons (Fsp3) is 0.167. The number of hydrogen-bond donors (Lipinski definition) is 2. The number of amides is 3. The van der Waals surface area contributed by atoms with Crippen molar-refractivity contribution in [2.45, 2.75) is 6.42 Å². The van der Waals surface area contributed by atoms with Crippen LogP contribution in [0.3, 0.4) is 0 Å². The molecular weight excluding hydrogens is 413 g/mol. The minimum atomic E-state index is -0.375. The standard InChI is InChI=1S/C24H22FN3O4/c1-31-21-11-10-17(14-22(21)32-2)26-23(29)19-4-3-5-20-18(19)12-13-28(20)24(30)27-16-8-6-15(25)7-9-16/h3-11,14H,12-13H2,1-2H3,(H,26,29)(H,27,30). The number of carbonyl (C=O) groups is 2. The Morgan fingerprint density at radius 3 is 2.34 bits per heavy atom. The normalized spacial score (nSPS) is 12.2. The first-order chi connectivity index (χ1) is 15.5. The van der Waals surface area contributed by atoms with Crippen LogP contribution in [0.15, 0.2) is 60.7 Å². The second-order valence-electron chi connectivity index (χ2n) is 7.17. The molecule has 1 aliphatic rings. The number of ether oxygens (including phenoxy) is 2. The Bertz CT molecular complexity index is 1160. The predicted molar refractivity (Wildman–Crippen MR) is 120 cm³/mol. The summed E-state index contributed by atoms with van der Waals surface area (Å²) in [6.07, 6.45) is 0.543. The summed E-state index contributed by atoms with van der Waals surface area (Å²) in [5, 5.41) is 5.63. The van der Waals surface area contributed by atoms with Gasteiger partial charge in [0.05, 0.1) is 14.2 Å². The van der Waals surface area contributed by atoms with E-state index in [1.807, 2.05) is 0 Å². The van der Waals surface area contributed by atoms with Crippen LogP contribution in [0, 0.1) is 5.82 Å². The van der Waals surface area contributed by atoms with Gasteiger partial charge in [-0.2, -0.15) is 0 Å². The van der Waals surface area contributed by atoms with Crippen molar-refractivity contribution < 1.29 is 23.5 Å². The zero-order chi connectivity index (χ0) is 22.7. The first-order valence-corrected chi connectivity index (χ1v) is 9.99. The molecule has 8 heteroatoms. The van der Waals surface area contributed by atoms with Gasteiger partial charge in [-0.1, -0.05) is 6.07 Å². The first-order valence-electron chi connectivity index (χ1n) is 9.99. The fourth-order valence-corrected chi connectivity index (χ4v) is 3.69. The molecule has 0 fully saturated rings. The Labute approximate surface area is 184 Å². The van der Waals surface area contributed by atoms with E-state index in [0.717, 1.165) is 5.56 Å². The quantitative estimate of drug-likeness (QED) is 0.609. The van der Waals surface area contributed by atoms with E-state index in [4.69, 9.17) is 9.47 Å². The smallest absolute Gasteiger partial charge is 0.326 e. The highest BCUT2D eigenvalue weighted by Gasteiger charge is 2.28. The molecule has 3 aromatic carbocycles. The Morgan fingerprint density at radius 2 is 1.62 bits per heavy atom. The van der Waals surface area contributed by atoms with Crippen molar-refractivity contribution in [1.82, 2.24) is 0 Å². The Balaban J connectivity index is 1.53. The van der Waals surface area contributed by atoms with Crippen LogP contribution in [-0.4, -0.2) is 32.7 Å². The minimum Gasteiger partial charge on any atom is -0.493 e. The Hall–Kier alpha value is -4.07. The summed E-state index contributed by atoms with van der Waals surface area (Å²) < 4.78 is 23.6. The van der Waals surface area contributed by atoms with E-state index in [2.05, 4.69) is 10.6 Å². The summed E-state index contributed by atoms with van der Waals surface area (Å²) in [7, 11) is 3.07. The van der Waals surface area contributed by atoms with Crippen LogP contribution in [0.25, 0.3) is 0 Å². The highest BCUT2D eigenvalue weighted by atomic mass is 19.1. The van der Waals surface area contributed by atoms with Crippen LogP contribution in [0.4, 0.5) is 26.2 Å². The van der Waals surface area contributed by atoms with Crippen molar-refractivity contribution in [3.63, 3.8) is 0 Å². The van der Waals surface area contributed by atoms with Crippen molar-refractivity contribution in [2.24, 2.45) is 0 Å². The van der Waals surface area contributed by atoms with Crippen molar-refractivity contribution >= 4 is 29.0 Å². The van der Waals surface area contributed by atoms with Gasteiger partial charge in [0.1, 0.15) is 5.82 Å². The number of nitrogens with zero attached hydrogens (tertiary/aromatic N) is 1. The van der Waals surface area contributed by atoms with E-state index in [0.29, 0.717) is 47.1 Å².